The highest BCUT2D eigenvalue weighted by Crippen LogP contribution is 2.29. The van der Waals surface area contributed by atoms with Gasteiger partial charge in [0.1, 0.15) is 12.7 Å². The first-order valence-corrected chi connectivity index (χ1v) is 9.00. The van der Waals surface area contributed by atoms with Crippen LogP contribution >= 0.6 is 0 Å². The van der Waals surface area contributed by atoms with E-state index >= 15 is 0 Å². The summed E-state index contributed by atoms with van der Waals surface area (Å²) < 4.78 is 31.3. The smallest absolute Gasteiger partial charge is 0.334 e. The van der Waals surface area contributed by atoms with E-state index in [2.05, 4.69) is 19.4 Å². The fourth-order valence-corrected chi connectivity index (χ4v) is 2.65. The van der Waals surface area contributed by atoms with Gasteiger partial charge in [0.25, 0.3) is 0 Å². The maximum atomic E-state index is 12.1. The second-order valence-corrected chi connectivity index (χ2v) is 6.07. The van der Waals surface area contributed by atoms with Crippen LogP contribution in [0, 0.1) is 0 Å². The zero-order valence-corrected chi connectivity index (χ0v) is 17.4. The van der Waals surface area contributed by atoms with E-state index in [-0.39, 0.29) is 0 Å². The minimum Gasteiger partial charge on any atom is -0.461 e. The van der Waals surface area contributed by atoms with Crippen LogP contribution in [0.15, 0.2) is 0 Å². The maximum absolute atomic E-state index is 12.1. The van der Waals surface area contributed by atoms with Crippen LogP contribution in [0.2, 0.25) is 0 Å². The summed E-state index contributed by atoms with van der Waals surface area (Å²) in [6.45, 7) is -3.28. The molecule has 18 heteroatoms. The van der Waals surface area contributed by atoms with E-state index in [1.54, 1.807) is 0 Å². The van der Waals surface area contributed by atoms with Crippen molar-refractivity contribution < 1.29 is 66.9 Å². The van der Waals surface area contributed by atoms with Crippen molar-refractivity contribution in [3.63, 3.8) is 0 Å². The largest absolute Gasteiger partial charge is 0.461 e. The van der Waals surface area contributed by atoms with Crippen LogP contribution in [0.25, 0.3) is 0 Å². The minimum atomic E-state index is -1.58. The van der Waals surface area contributed by atoms with Crippen molar-refractivity contribution in [2.24, 2.45) is 23.6 Å². The highest BCUT2D eigenvalue weighted by atomic mass is 16.7. The van der Waals surface area contributed by atoms with E-state index in [1.807, 2.05) is 0 Å². The Labute approximate surface area is 186 Å². The van der Waals surface area contributed by atoms with Crippen molar-refractivity contribution in [1.29, 1.82) is 0 Å². The molecule has 0 amide bonds. The summed E-state index contributed by atoms with van der Waals surface area (Å²) in [6, 6.07) is 0. The lowest BCUT2D eigenvalue weighted by atomic mass is 9.98. The quantitative estimate of drug-likeness (QED) is 0.102. The number of nitrogens with two attached hydrogens (primary N) is 4. The molecule has 0 unspecified atom stereocenters. The van der Waals surface area contributed by atoms with Gasteiger partial charge in [0.2, 0.25) is 0 Å². The second kappa shape index (κ2) is 15.3. The maximum Gasteiger partial charge on any atom is 0.334 e. The third kappa shape index (κ3) is 9.47. The molecule has 1 fully saturated rings. The Morgan fingerprint density at radius 2 is 1.09 bits per heavy atom. The van der Waals surface area contributed by atoms with Gasteiger partial charge in [-0.2, -0.15) is 0 Å². The molecule has 0 aromatic rings. The van der Waals surface area contributed by atoms with Gasteiger partial charge in [0.15, 0.2) is 51.0 Å². The average molecular weight is 486 g/mol. The van der Waals surface area contributed by atoms with Gasteiger partial charge >= 0.3 is 23.9 Å². The summed E-state index contributed by atoms with van der Waals surface area (Å²) in [4.78, 5) is 64.5. The Bertz CT molecular complexity index is 652. The predicted octanol–water partition coefficient (Wildman–Crippen LogP) is -4.80. The monoisotopic (exact) mass is 486 g/mol. The molecule has 0 radical (unpaired) electrons. The third-order valence-electron chi connectivity index (χ3n) is 3.84. The molecule has 18 nitrogen and oxygen atoms in total. The van der Waals surface area contributed by atoms with Crippen LogP contribution in [0.1, 0.15) is 0 Å². The first-order chi connectivity index (χ1) is 15.8. The Kier molecular flexibility index (Phi) is 13.3. The van der Waals surface area contributed by atoms with Crippen molar-refractivity contribution in [1.82, 2.24) is 0 Å². The van der Waals surface area contributed by atoms with Crippen LogP contribution in [-0.4, -0.2) is 94.7 Å². The molecule has 0 aliphatic carbocycles. The van der Waals surface area contributed by atoms with E-state index in [1.165, 1.54) is 7.11 Å². The molecular weight excluding hydrogens is 460 g/mol. The lowest BCUT2D eigenvalue weighted by Gasteiger charge is -2.43. The topological polar surface area (TPSA) is 265 Å². The first kappa shape index (κ1) is 28.5. The Balaban J connectivity index is 3.27. The Morgan fingerprint density at radius 3 is 1.55 bits per heavy atom. The van der Waals surface area contributed by atoms with Crippen molar-refractivity contribution in [2.45, 2.75) is 30.7 Å². The molecule has 0 spiro atoms. The summed E-state index contributed by atoms with van der Waals surface area (Å²) in [7, 11) is 1.17. The van der Waals surface area contributed by atoms with Gasteiger partial charge in [0.05, 0.1) is 0 Å². The summed E-state index contributed by atoms with van der Waals surface area (Å²) in [5.74, 6) is 15.4. The molecule has 5 atom stereocenters. The van der Waals surface area contributed by atoms with Gasteiger partial charge in [-0.15, -0.1) is 0 Å². The summed E-state index contributed by atoms with van der Waals surface area (Å²) >= 11 is 0. The first-order valence-electron chi connectivity index (χ1n) is 9.00. The molecule has 190 valence electrons. The van der Waals surface area contributed by atoms with E-state index in [4.69, 9.17) is 52.0 Å². The van der Waals surface area contributed by atoms with Gasteiger partial charge in [-0.05, 0) is 0 Å². The Morgan fingerprint density at radius 1 is 0.667 bits per heavy atom. The lowest BCUT2D eigenvalue weighted by molar-refractivity contribution is -0.304. The number of esters is 4. The molecular formula is C15H26N4O14. The molecule has 0 aromatic heterocycles. The zero-order valence-electron chi connectivity index (χ0n) is 17.4. The number of hydrogen-bond acceptors (Lipinski definition) is 18. The highest BCUT2D eigenvalue weighted by Gasteiger charge is 2.53. The normalized spacial score (nSPS) is 24.6. The fraction of sp³-hybridized carbons (Fsp3) is 0.733. The molecule has 0 aromatic carbocycles. The number of carbonyl (C=O) groups is 4. The lowest BCUT2D eigenvalue weighted by Crippen LogP contribution is -2.63. The molecule has 1 heterocycles. The molecule has 1 rings (SSSR count). The van der Waals surface area contributed by atoms with Crippen molar-refractivity contribution in [3.8, 4) is 0 Å². The SMILES string of the molecule is CO[C@H]1O[C@H](COC(=O)CON)[C@@H](OC(=O)CON)[C@H](OC(=O)CON)[C@H]1OC(=O)CON. The van der Waals surface area contributed by atoms with Crippen molar-refractivity contribution >= 4 is 23.9 Å². The Hall–Kier alpha value is -2.52. The number of methoxy groups -OCH3 is 1. The van der Waals surface area contributed by atoms with Gasteiger partial charge in [-0.25, -0.2) is 42.8 Å². The van der Waals surface area contributed by atoms with E-state index in [0.717, 1.165) is 0 Å². The van der Waals surface area contributed by atoms with Crippen LogP contribution in [-0.2, 0) is 66.9 Å². The van der Waals surface area contributed by atoms with E-state index in [9.17, 15) is 19.2 Å². The molecule has 1 aliphatic heterocycles. The molecule has 8 N–H and O–H groups in total. The van der Waals surface area contributed by atoms with E-state index < -0.39 is 87.6 Å². The number of ether oxygens (including phenoxy) is 6. The number of hydrogen-bond donors (Lipinski definition) is 4. The highest BCUT2D eigenvalue weighted by molar-refractivity contribution is 5.73. The minimum absolute atomic E-state index is 0.558. The second-order valence-electron chi connectivity index (χ2n) is 6.07. The molecule has 0 bridgehead atoms. The van der Waals surface area contributed by atoms with Crippen LogP contribution in [0.5, 0.6) is 0 Å². The number of carbonyl (C=O) groups excluding carboxylic acids is 4. The summed E-state index contributed by atoms with van der Waals surface area (Å²) in [5, 5.41) is 0. The van der Waals surface area contributed by atoms with Gasteiger partial charge in [0, 0.05) is 7.11 Å². The molecule has 33 heavy (non-hydrogen) atoms. The van der Waals surface area contributed by atoms with Crippen LogP contribution in [0.3, 0.4) is 0 Å². The molecule has 1 saturated heterocycles. The van der Waals surface area contributed by atoms with Gasteiger partial charge in [-0.3, -0.25) is 19.4 Å². The summed E-state index contributed by atoms with van der Waals surface area (Å²) in [5.41, 5.74) is 0. The van der Waals surface area contributed by atoms with Crippen LogP contribution in [0.4, 0.5) is 0 Å². The zero-order chi connectivity index (χ0) is 24.8. The third-order valence-corrected chi connectivity index (χ3v) is 3.84. The standard InChI is InChI=1S/C15H26N4O14/c1-24-15-14(33-11(23)6-29-19)13(32-10(22)5-28-18)12(31-9(21)4-27-17)7(30-15)2-25-8(20)3-26-16/h7,12-15H,2-6,16-19H2,1H3/t7-,12-,13+,14-,15+/m1/s1. The van der Waals surface area contributed by atoms with Gasteiger partial charge in [-0.1, -0.05) is 0 Å². The molecule has 1 aliphatic rings. The average Bonchev–Trinajstić information content (AvgIpc) is 2.76. The fourth-order valence-electron chi connectivity index (χ4n) is 2.65. The number of rotatable bonds is 14. The van der Waals surface area contributed by atoms with E-state index in [0.29, 0.717) is 0 Å². The molecule has 0 saturated carbocycles. The summed E-state index contributed by atoms with van der Waals surface area (Å²) in [6.07, 6.45) is -7.35. The van der Waals surface area contributed by atoms with Crippen LogP contribution < -0.4 is 23.6 Å². The van der Waals surface area contributed by atoms with Crippen molar-refractivity contribution in [3.05, 3.63) is 0 Å². The predicted molar refractivity (Wildman–Crippen MR) is 96.8 cm³/mol. The van der Waals surface area contributed by atoms with Crippen molar-refractivity contribution in [2.75, 3.05) is 40.1 Å². The van der Waals surface area contributed by atoms with Gasteiger partial charge < -0.3 is 28.4 Å².